The van der Waals surface area contributed by atoms with Gasteiger partial charge in [0.2, 0.25) is 0 Å². The van der Waals surface area contributed by atoms with E-state index < -0.39 is 0 Å². The number of carbonyl (C=O) groups is 1. The smallest absolute Gasteiger partial charge is 0.271 e. The molecule has 5 nitrogen and oxygen atoms in total. The van der Waals surface area contributed by atoms with Crippen LogP contribution >= 0.6 is 11.6 Å². The molecular weight excluding hydrogens is 254 g/mol. The largest absolute Gasteiger partial charge is 0.381 e. The Labute approximate surface area is 111 Å². The van der Waals surface area contributed by atoms with Gasteiger partial charge in [0, 0.05) is 20.2 Å². The maximum Gasteiger partial charge on any atom is 0.271 e. The van der Waals surface area contributed by atoms with Gasteiger partial charge >= 0.3 is 0 Å². The molecule has 1 aromatic heterocycles. The van der Waals surface area contributed by atoms with Gasteiger partial charge in [-0.1, -0.05) is 11.6 Å². The summed E-state index contributed by atoms with van der Waals surface area (Å²) in [5.74, 6) is 0.226. The molecule has 0 aromatic carbocycles. The molecule has 0 radical (unpaired) electrons. The summed E-state index contributed by atoms with van der Waals surface area (Å²) in [6.07, 6.45) is 2.16. The van der Waals surface area contributed by atoms with Crippen LogP contribution in [0.25, 0.3) is 0 Å². The maximum atomic E-state index is 12.0. The molecule has 1 atom stereocenters. The Kier molecular flexibility index (Phi) is 4.24. The maximum absolute atomic E-state index is 12.0. The summed E-state index contributed by atoms with van der Waals surface area (Å²) < 4.78 is 6.89. The van der Waals surface area contributed by atoms with Crippen LogP contribution in [0.15, 0.2) is 0 Å². The van der Waals surface area contributed by atoms with Crippen LogP contribution in [0.3, 0.4) is 0 Å². The van der Waals surface area contributed by atoms with E-state index in [1.807, 2.05) is 0 Å². The highest BCUT2D eigenvalue weighted by Crippen LogP contribution is 2.19. The van der Waals surface area contributed by atoms with Crippen molar-refractivity contribution in [1.82, 2.24) is 15.1 Å². The third kappa shape index (κ3) is 2.84. The van der Waals surface area contributed by atoms with Crippen molar-refractivity contribution in [3.8, 4) is 0 Å². The summed E-state index contributed by atoms with van der Waals surface area (Å²) in [5, 5.41) is 7.45. The number of halogens is 1. The lowest BCUT2D eigenvalue weighted by molar-refractivity contribution is 0.0535. The SMILES string of the molecule is Cc1nn(C)c(C(=O)NC[C@H]2CCCOC2)c1Cl. The molecule has 1 aliphatic heterocycles. The van der Waals surface area contributed by atoms with Crippen molar-refractivity contribution in [2.75, 3.05) is 19.8 Å². The van der Waals surface area contributed by atoms with Gasteiger partial charge in [0.15, 0.2) is 0 Å². The molecule has 1 aliphatic rings. The zero-order valence-corrected chi connectivity index (χ0v) is 11.5. The van der Waals surface area contributed by atoms with Crippen molar-refractivity contribution in [3.63, 3.8) is 0 Å². The molecule has 0 saturated carbocycles. The molecule has 0 spiro atoms. The first kappa shape index (κ1) is 13.4. The average molecular weight is 272 g/mol. The quantitative estimate of drug-likeness (QED) is 0.907. The zero-order valence-electron chi connectivity index (χ0n) is 10.7. The summed E-state index contributed by atoms with van der Waals surface area (Å²) in [5.41, 5.74) is 1.09. The number of carbonyl (C=O) groups excluding carboxylic acids is 1. The molecule has 2 heterocycles. The number of ether oxygens (including phenoxy) is 1. The highest BCUT2D eigenvalue weighted by atomic mass is 35.5. The van der Waals surface area contributed by atoms with Crippen LogP contribution in [0.2, 0.25) is 5.02 Å². The van der Waals surface area contributed by atoms with Gasteiger partial charge in [-0.05, 0) is 25.7 Å². The van der Waals surface area contributed by atoms with Crippen LogP contribution in [-0.4, -0.2) is 35.4 Å². The third-order valence-electron chi connectivity index (χ3n) is 3.17. The predicted octanol–water partition coefficient (Wildman–Crippen LogP) is 1.54. The molecule has 0 unspecified atom stereocenters. The monoisotopic (exact) mass is 271 g/mol. The van der Waals surface area contributed by atoms with Gasteiger partial charge in [-0.2, -0.15) is 5.10 Å². The van der Waals surface area contributed by atoms with Crippen molar-refractivity contribution in [2.45, 2.75) is 19.8 Å². The molecule has 1 saturated heterocycles. The van der Waals surface area contributed by atoms with E-state index in [0.29, 0.717) is 28.9 Å². The summed E-state index contributed by atoms with van der Waals surface area (Å²) in [4.78, 5) is 12.0. The average Bonchev–Trinajstić information content (AvgIpc) is 2.62. The molecule has 0 aliphatic carbocycles. The molecule has 1 amide bonds. The molecule has 0 bridgehead atoms. The van der Waals surface area contributed by atoms with E-state index in [-0.39, 0.29) is 5.91 Å². The number of aryl methyl sites for hydroxylation is 2. The minimum atomic E-state index is -0.173. The molecule has 6 heteroatoms. The van der Waals surface area contributed by atoms with Crippen LogP contribution in [0, 0.1) is 12.8 Å². The molecule has 18 heavy (non-hydrogen) atoms. The van der Waals surface area contributed by atoms with E-state index in [1.54, 1.807) is 14.0 Å². The van der Waals surface area contributed by atoms with Crippen molar-refractivity contribution in [1.29, 1.82) is 0 Å². The number of hydrogen-bond donors (Lipinski definition) is 1. The molecule has 1 fully saturated rings. The summed E-state index contributed by atoms with van der Waals surface area (Å²) in [7, 11) is 1.72. The summed E-state index contributed by atoms with van der Waals surface area (Å²) in [6, 6.07) is 0. The predicted molar refractivity (Wildman–Crippen MR) is 68.8 cm³/mol. The summed E-state index contributed by atoms with van der Waals surface area (Å²) >= 11 is 6.06. The summed E-state index contributed by atoms with van der Waals surface area (Å²) in [6.45, 7) is 3.96. The number of amides is 1. The second-order valence-electron chi connectivity index (χ2n) is 4.66. The molecular formula is C12H18ClN3O2. The van der Waals surface area contributed by atoms with Gasteiger partial charge in [0.1, 0.15) is 5.69 Å². The van der Waals surface area contributed by atoms with Gasteiger partial charge in [-0.25, -0.2) is 0 Å². The first-order chi connectivity index (χ1) is 8.59. The number of aromatic nitrogens is 2. The van der Waals surface area contributed by atoms with Gasteiger partial charge in [-0.15, -0.1) is 0 Å². The topological polar surface area (TPSA) is 56.2 Å². The van der Waals surface area contributed by atoms with E-state index in [9.17, 15) is 4.79 Å². The van der Waals surface area contributed by atoms with Crippen LogP contribution in [0.1, 0.15) is 29.0 Å². The fourth-order valence-electron chi connectivity index (χ4n) is 2.17. The van der Waals surface area contributed by atoms with Gasteiger partial charge < -0.3 is 10.1 Å². The van der Waals surface area contributed by atoms with E-state index in [0.717, 1.165) is 26.1 Å². The van der Waals surface area contributed by atoms with E-state index >= 15 is 0 Å². The number of hydrogen-bond acceptors (Lipinski definition) is 3. The van der Waals surface area contributed by atoms with Gasteiger partial charge in [0.25, 0.3) is 5.91 Å². The second kappa shape index (κ2) is 5.71. The first-order valence-corrected chi connectivity index (χ1v) is 6.52. The number of nitrogens with one attached hydrogen (secondary N) is 1. The molecule has 2 rings (SSSR count). The Morgan fingerprint density at radius 1 is 1.67 bits per heavy atom. The molecule has 1 aromatic rings. The lowest BCUT2D eigenvalue weighted by Crippen LogP contribution is -2.34. The minimum absolute atomic E-state index is 0.173. The Morgan fingerprint density at radius 3 is 3.00 bits per heavy atom. The number of rotatable bonds is 3. The highest BCUT2D eigenvalue weighted by Gasteiger charge is 2.20. The van der Waals surface area contributed by atoms with Crippen LogP contribution in [0.5, 0.6) is 0 Å². The fourth-order valence-corrected chi connectivity index (χ4v) is 2.41. The van der Waals surface area contributed by atoms with Gasteiger partial charge in [-0.3, -0.25) is 9.48 Å². The first-order valence-electron chi connectivity index (χ1n) is 6.14. The lowest BCUT2D eigenvalue weighted by Gasteiger charge is -2.22. The fraction of sp³-hybridized carbons (Fsp3) is 0.667. The van der Waals surface area contributed by atoms with Crippen LogP contribution in [0.4, 0.5) is 0 Å². The second-order valence-corrected chi connectivity index (χ2v) is 5.04. The Bertz CT molecular complexity index is 439. The third-order valence-corrected chi connectivity index (χ3v) is 3.62. The van der Waals surface area contributed by atoms with Gasteiger partial charge in [0.05, 0.1) is 17.3 Å². The van der Waals surface area contributed by atoms with Crippen molar-refractivity contribution in [2.24, 2.45) is 13.0 Å². The highest BCUT2D eigenvalue weighted by molar-refractivity contribution is 6.34. The van der Waals surface area contributed by atoms with Crippen LogP contribution in [-0.2, 0) is 11.8 Å². The standard InChI is InChI=1S/C12H18ClN3O2/c1-8-10(13)11(16(2)15-8)12(17)14-6-9-4-3-5-18-7-9/h9H,3-7H2,1-2H3,(H,14,17)/t9-/m1/s1. The van der Waals surface area contributed by atoms with E-state index in [1.165, 1.54) is 4.68 Å². The van der Waals surface area contributed by atoms with E-state index in [4.69, 9.17) is 16.3 Å². The van der Waals surface area contributed by atoms with Crippen molar-refractivity contribution < 1.29 is 9.53 Å². The molecule has 100 valence electrons. The number of nitrogens with zero attached hydrogens (tertiary/aromatic N) is 2. The normalized spacial score (nSPS) is 19.8. The Morgan fingerprint density at radius 2 is 2.44 bits per heavy atom. The molecule has 1 N–H and O–H groups in total. The lowest BCUT2D eigenvalue weighted by atomic mass is 10.0. The minimum Gasteiger partial charge on any atom is -0.381 e. The van der Waals surface area contributed by atoms with E-state index in [2.05, 4.69) is 10.4 Å². The van der Waals surface area contributed by atoms with Crippen molar-refractivity contribution in [3.05, 3.63) is 16.4 Å². The Balaban J connectivity index is 1.95. The van der Waals surface area contributed by atoms with Crippen molar-refractivity contribution >= 4 is 17.5 Å². The Hall–Kier alpha value is -1.07. The van der Waals surface area contributed by atoms with Crippen LogP contribution < -0.4 is 5.32 Å². The zero-order chi connectivity index (χ0) is 13.1.